The highest BCUT2D eigenvalue weighted by Crippen LogP contribution is 2.38. The number of hydrogen-bond acceptors (Lipinski definition) is 6. The van der Waals surface area contributed by atoms with E-state index in [0.717, 1.165) is 30.8 Å². The molecule has 9 heteroatoms. The predicted octanol–water partition coefficient (Wildman–Crippen LogP) is 1.93. The maximum Gasteiger partial charge on any atom is 0.251 e. The van der Waals surface area contributed by atoms with Gasteiger partial charge in [0, 0.05) is 55.2 Å². The average Bonchev–Trinajstić information content (AvgIpc) is 3.24. The molecule has 0 unspecified atom stereocenters. The Balaban J connectivity index is 0.00000231. The van der Waals surface area contributed by atoms with Crippen molar-refractivity contribution in [3.63, 3.8) is 0 Å². The molecule has 2 bridgehead atoms. The van der Waals surface area contributed by atoms with Crippen LogP contribution in [0, 0.1) is 5.92 Å². The molecule has 0 aliphatic carbocycles. The van der Waals surface area contributed by atoms with E-state index in [1.807, 2.05) is 36.4 Å². The number of fused-ring (bicyclic) bond motifs is 4. The Kier molecular flexibility index (Phi) is 6.20. The van der Waals surface area contributed by atoms with E-state index in [-0.39, 0.29) is 35.7 Å². The van der Waals surface area contributed by atoms with Gasteiger partial charge in [-0.1, -0.05) is 41.6 Å². The van der Waals surface area contributed by atoms with E-state index in [1.165, 1.54) is 6.07 Å². The summed E-state index contributed by atoms with van der Waals surface area (Å²) in [6.45, 7) is 1.95. The third-order valence-electron chi connectivity index (χ3n) is 5.96. The number of halogens is 1. The number of rotatable bonds is 5. The topological polar surface area (TPSA) is 102 Å². The van der Waals surface area contributed by atoms with Crippen LogP contribution in [0.4, 0.5) is 0 Å². The zero-order valence-corrected chi connectivity index (χ0v) is 17.7. The summed E-state index contributed by atoms with van der Waals surface area (Å²) >= 11 is 0. The Morgan fingerprint density at radius 1 is 1.16 bits per heavy atom. The predicted molar refractivity (Wildman–Crippen MR) is 117 cm³/mol. The first kappa shape index (κ1) is 21.3. The summed E-state index contributed by atoms with van der Waals surface area (Å²) in [4.78, 5) is 30.0. The second-order valence-electron chi connectivity index (χ2n) is 7.87. The summed E-state index contributed by atoms with van der Waals surface area (Å²) in [7, 11) is 0. The number of nitrogens with one attached hydrogen (secondary N) is 2. The molecule has 2 N–H and O–H groups in total. The van der Waals surface area contributed by atoms with Gasteiger partial charge in [0.15, 0.2) is 0 Å². The minimum Gasteiger partial charge on any atom is -0.354 e. The highest BCUT2D eigenvalue weighted by molar-refractivity contribution is 5.85. The van der Waals surface area contributed by atoms with Gasteiger partial charge in [-0.3, -0.25) is 14.2 Å². The van der Waals surface area contributed by atoms with Gasteiger partial charge >= 0.3 is 0 Å². The molecule has 4 heterocycles. The lowest BCUT2D eigenvalue weighted by Crippen LogP contribution is -2.52. The number of piperidine rings is 1. The summed E-state index contributed by atoms with van der Waals surface area (Å²) < 4.78 is 7.00. The molecule has 0 saturated carbocycles. The molecule has 1 amide bonds. The first-order chi connectivity index (χ1) is 14.7. The number of carbonyl (C=O) groups is 1. The van der Waals surface area contributed by atoms with E-state index in [2.05, 4.69) is 20.8 Å². The number of nitrogens with zero attached hydrogens (tertiary/aromatic N) is 3. The number of hydrogen-bond donors (Lipinski definition) is 2. The summed E-state index contributed by atoms with van der Waals surface area (Å²) in [6.07, 6.45) is 1.35. The standard InChI is InChI=1S/C22H23N5O3.ClH/c28-19-8-4-7-17-15-11-16(13-23-12-15)20(27(17)19)22(29)24-10-9-18-25-21(26-30-18)14-5-2-1-3-6-14;/h1-8,15-16,20,23H,9-13H2,(H,24,29);1H/t15-,16+,20-;/m1./s1. The van der Waals surface area contributed by atoms with E-state index >= 15 is 0 Å². The third kappa shape index (κ3) is 4.13. The molecule has 3 atom stereocenters. The molecule has 0 radical (unpaired) electrons. The van der Waals surface area contributed by atoms with Crippen LogP contribution in [0.3, 0.4) is 0 Å². The molecule has 2 aliphatic rings. The van der Waals surface area contributed by atoms with E-state index in [0.29, 0.717) is 24.7 Å². The maximum atomic E-state index is 13.1. The van der Waals surface area contributed by atoms with Gasteiger partial charge in [-0.05, 0) is 12.5 Å². The fourth-order valence-electron chi connectivity index (χ4n) is 4.59. The largest absolute Gasteiger partial charge is 0.354 e. The third-order valence-corrected chi connectivity index (χ3v) is 5.96. The SMILES string of the molecule is Cl.O=C(NCCc1nc(-c2ccccc2)no1)[C@H]1[C@@H]2CNC[C@@H](C2)c2cccc(=O)n21. The van der Waals surface area contributed by atoms with Gasteiger partial charge in [-0.25, -0.2) is 0 Å². The van der Waals surface area contributed by atoms with E-state index in [1.54, 1.807) is 10.6 Å². The molecule has 1 fully saturated rings. The first-order valence-electron chi connectivity index (χ1n) is 10.3. The quantitative estimate of drug-likeness (QED) is 0.627. The minimum absolute atomic E-state index is 0. The monoisotopic (exact) mass is 441 g/mol. The van der Waals surface area contributed by atoms with Crippen LogP contribution in [0.25, 0.3) is 11.4 Å². The van der Waals surface area contributed by atoms with Crippen molar-refractivity contribution < 1.29 is 9.32 Å². The zero-order chi connectivity index (χ0) is 20.5. The van der Waals surface area contributed by atoms with E-state index in [4.69, 9.17) is 4.52 Å². The molecular formula is C22H24ClN5O3. The van der Waals surface area contributed by atoms with Crippen LogP contribution in [0.2, 0.25) is 0 Å². The number of pyridine rings is 1. The molecule has 2 aromatic heterocycles. The summed E-state index contributed by atoms with van der Waals surface area (Å²) in [5.74, 6) is 1.24. The number of amides is 1. The lowest BCUT2D eigenvalue weighted by atomic mass is 9.79. The van der Waals surface area contributed by atoms with Gasteiger partial charge in [0.25, 0.3) is 5.56 Å². The van der Waals surface area contributed by atoms with Crippen molar-refractivity contribution in [2.24, 2.45) is 5.92 Å². The number of benzene rings is 1. The first-order valence-corrected chi connectivity index (χ1v) is 10.3. The second kappa shape index (κ2) is 9.03. The highest BCUT2D eigenvalue weighted by atomic mass is 35.5. The Morgan fingerprint density at radius 3 is 2.84 bits per heavy atom. The molecule has 0 spiro atoms. The van der Waals surface area contributed by atoms with Crippen molar-refractivity contribution in [1.82, 2.24) is 25.3 Å². The fourth-order valence-corrected chi connectivity index (χ4v) is 4.59. The van der Waals surface area contributed by atoms with Crippen LogP contribution in [0.5, 0.6) is 0 Å². The van der Waals surface area contributed by atoms with Crippen molar-refractivity contribution in [3.05, 3.63) is 70.5 Å². The van der Waals surface area contributed by atoms with E-state index < -0.39 is 6.04 Å². The van der Waals surface area contributed by atoms with Gasteiger partial charge in [0.2, 0.25) is 17.6 Å². The Hall–Kier alpha value is -2.97. The fraction of sp³-hybridized carbons (Fsp3) is 0.364. The second-order valence-corrected chi connectivity index (χ2v) is 7.87. The summed E-state index contributed by atoms with van der Waals surface area (Å²) in [5, 5.41) is 10.4. The van der Waals surface area contributed by atoms with Crippen LogP contribution >= 0.6 is 12.4 Å². The minimum atomic E-state index is -0.500. The average molecular weight is 442 g/mol. The molecule has 8 nitrogen and oxygen atoms in total. The molecule has 1 aromatic carbocycles. The Bertz CT molecular complexity index is 1110. The Morgan fingerprint density at radius 2 is 2.00 bits per heavy atom. The van der Waals surface area contributed by atoms with Crippen molar-refractivity contribution >= 4 is 18.3 Å². The Labute approximate surface area is 185 Å². The molecule has 5 rings (SSSR count). The van der Waals surface area contributed by atoms with Crippen LogP contribution in [0.1, 0.15) is 30.0 Å². The molecule has 162 valence electrons. The summed E-state index contributed by atoms with van der Waals surface area (Å²) in [5.41, 5.74) is 1.71. The highest BCUT2D eigenvalue weighted by Gasteiger charge is 2.41. The smallest absolute Gasteiger partial charge is 0.251 e. The van der Waals surface area contributed by atoms with Crippen molar-refractivity contribution in [3.8, 4) is 11.4 Å². The molecule has 31 heavy (non-hydrogen) atoms. The van der Waals surface area contributed by atoms with Crippen molar-refractivity contribution in [2.45, 2.75) is 24.8 Å². The normalized spacial score (nSPS) is 21.6. The van der Waals surface area contributed by atoms with Crippen LogP contribution in [-0.2, 0) is 11.2 Å². The van der Waals surface area contributed by atoms with Crippen molar-refractivity contribution in [1.29, 1.82) is 0 Å². The van der Waals surface area contributed by atoms with Gasteiger partial charge in [-0.15, -0.1) is 12.4 Å². The van der Waals surface area contributed by atoms with Crippen LogP contribution < -0.4 is 16.2 Å². The van der Waals surface area contributed by atoms with Gasteiger partial charge in [0.05, 0.1) is 0 Å². The summed E-state index contributed by atoms with van der Waals surface area (Å²) in [6, 6.07) is 14.4. The molecular weight excluding hydrogens is 418 g/mol. The van der Waals surface area contributed by atoms with Gasteiger partial charge in [0.1, 0.15) is 6.04 Å². The lowest BCUT2D eigenvalue weighted by molar-refractivity contribution is -0.127. The van der Waals surface area contributed by atoms with Gasteiger partial charge in [-0.2, -0.15) is 4.98 Å². The zero-order valence-electron chi connectivity index (χ0n) is 16.9. The molecule has 1 saturated heterocycles. The van der Waals surface area contributed by atoms with Gasteiger partial charge < -0.3 is 15.2 Å². The van der Waals surface area contributed by atoms with Crippen molar-refractivity contribution in [2.75, 3.05) is 19.6 Å². The molecule has 3 aromatic rings. The van der Waals surface area contributed by atoms with Crippen LogP contribution in [-0.4, -0.2) is 40.2 Å². The molecule has 2 aliphatic heterocycles. The number of aromatic nitrogens is 3. The van der Waals surface area contributed by atoms with Crippen LogP contribution in [0.15, 0.2) is 57.8 Å². The maximum absolute atomic E-state index is 13.1. The van der Waals surface area contributed by atoms with E-state index in [9.17, 15) is 9.59 Å². The lowest BCUT2D eigenvalue weighted by Gasteiger charge is -2.42. The number of carbonyl (C=O) groups excluding carboxylic acids is 1.